The predicted molar refractivity (Wildman–Crippen MR) is 287 cm³/mol. The molecule has 0 saturated carbocycles. The highest BCUT2D eigenvalue weighted by Gasteiger charge is 2.18. The molecule has 0 radical (unpaired) electrons. The normalized spacial score (nSPS) is 11.2. The van der Waals surface area contributed by atoms with E-state index in [-0.39, 0.29) is 0 Å². The summed E-state index contributed by atoms with van der Waals surface area (Å²) in [6.07, 6.45) is 3.53. The summed E-state index contributed by atoms with van der Waals surface area (Å²) >= 11 is 0. The van der Waals surface area contributed by atoms with Gasteiger partial charge in [0.2, 0.25) is 0 Å². The van der Waals surface area contributed by atoms with E-state index in [4.69, 9.17) is 0 Å². The second kappa shape index (κ2) is 18.2. The summed E-state index contributed by atoms with van der Waals surface area (Å²) < 4.78 is 2.41. The molecular weight excluding hydrogens is 839 g/mol. The van der Waals surface area contributed by atoms with Crippen LogP contribution in [0.5, 0.6) is 0 Å². The number of para-hydroxylation sites is 4. The van der Waals surface area contributed by atoms with Crippen LogP contribution in [0, 0.1) is 0 Å². The van der Waals surface area contributed by atoms with Crippen molar-refractivity contribution in [2.45, 2.75) is 0 Å². The van der Waals surface area contributed by atoms with Gasteiger partial charge in [-0.1, -0.05) is 146 Å². The van der Waals surface area contributed by atoms with Gasteiger partial charge in [0, 0.05) is 56.1 Å². The van der Waals surface area contributed by atoms with E-state index in [0.29, 0.717) is 0 Å². The molecule has 12 rings (SSSR count). The maximum atomic E-state index is 4.06. The second-order valence-corrected chi connectivity index (χ2v) is 17.2. The summed E-state index contributed by atoms with van der Waals surface area (Å²) in [4.78, 5) is 4.60. The van der Waals surface area contributed by atoms with Crippen LogP contribution in [-0.4, -0.2) is 14.8 Å². The molecule has 0 fully saturated rings. The molecule has 2 heterocycles. The fraction of sp³-hybridized carbons (Fsp3) is 0. The predicted octanol–water partition coefficient (Wildman–Crippen LogP) is 17.2. The molecule has 0 atom stereocenters. The maximum absolute atomic E-state index is 4.06. The number of aromatic nitrogens is 3. The van der Waals surface area contributed by atoms with Crippen molar-refractivity contribution in [1.29, 1.82) is 0 Å². The van der Waals surface area contributed by atoms with Gasteiger partial charge in [0.15, 0.2) is 0 Å². The average Bonchev–Trinajstić information content (AvgIpc) is 3.76. The Labute approximate surface area is 402 Å². The van der Waals surface area contributed by atoms with Crippen LogP contribution in [-0.2, 0) is 0 Å². The van der Waals surface area contributed by atoms with Gasteiger partial charge in [-0.3, -0.25) is 0 Å². The largest absolute Gasteiger partial charge is 0.311 e. The van der Waals surface area contributed by atoms with E-state index < -0.39 is 0 Å². The summed E-state index contributed by atoms with van der Waals surface area (Å²) in [5, 5.41) is 10.4. The number of hydrogen-bond donors (Lipinski definition) is 0. The Morgan fingerprint density at radius 3 is 0.957 bits per heavy atom. The summed E-state index contributed by atoms with van der Waals surface area (Å²) in [6.45, 7) is 0. The van der Waals surface area contributed by atoms with Crippen LogP contribution < -0.4 is 9.80 Å². The molecule has 0 bridgehead atoms. The second-order valence-electron chi connectivity index (χ2n) is 17.2. The van der Waals surface area contributed by atoms with Gasteiger partial charge in [0.1, 0.15) is 0 Å². The first-order chi connectivity index (χ1) is 34.2. The van der Waals surface area contributed by atoms with Crippen molar-refractivity contribution in [2.24, 2.45) is 0 Å². The summed E-state index contributed by atoms with van der Waals surface area (Å²) in [6, 6.07) is 93.5. The molecule has 12 aromatic rings. The highest BCUT2D eigenvalue weighted by molar-refractivity contribution is 6.11. The zero-order valence-electron chi connectivity index (χ0n) is 37.7. The zero-order chi connectivity index (χ0) is 45.9. The van der Waals surface area contributed by atoms with Gasteiger partial charge in [-0.15, -0.1) is 0 Å². The maximum Gasteiger partial charge on any atom is 0.0574 e. The van der Waals surface area contributed by atoms with E-state index in [9.17, 15) is 0 Å². The van der Waals surface area contributed by atoms with Crippen LogP contribution in [0.3, 0.4) is 0 Å². The van der Waals surface area contributed by atoms with Gasteiger partial charge in [-0.2, -0.15) is 10.2 Å². The smallest absolute Gasteiger partial charge is 0.0574 e. The Morgan fingerprint density at radius 1 is 0.261 bits per heavy atom. The molecule has 0 N–H and O–H groups in total. The summed E-state index contributed by atoms with van der Waals surface area (Å²) in [5.41, 5.74) is 19.2. The van der Waals surface area contributed by atoms with E-state index in [0.717, 1.165) is 95.4 Å². The number of rotatable bonds is 11. The van der Waals surface area contributed by atoms with Gasteiger partial charge in [-0.05, 0) is 154 Å². The fourth-order valence-corrected chi connectivity index (χ4v) is 9.59. The van der Waals surface area contributed by atoms with Crippen molar-refractivity contribution in [1.82, 2.24) is 14.8 Å². The Kier molecular flexibility index (Phi) is 10.8. The summed E-state index contributed by atoms with van der Waals surface area (Å²) in [7, 11) is 0. The monoisotopic (exact) mass is 883 g/mol. The van der Waals surface area contributed by atoms with E-state index >= 15 is 0 Å². The molecule has 0 spiro atoms. The minimum atomic E-state index is 1.05. The summed E-state index contributed by atoms with van der Waals surface area (Å²) in [5.74, 6) is 0. The van der Waals surface area contributed by atoms with E-state index in [2.05, 4.69) is 279 Å². The highest BCUT2D eigenvalue weighted by atomic mass is 15.1. The highest BCUT2D eigenvalue weighted by Crippen LogP contribution is 2.41. The molecule has 0 aliphatic carbocycles. The Morgan fingerprint density at radius 2 is 0.580 bits per heavy atom. The van der Waals surface area contributed by atoms with Crippen molar-refractivity contribution < 1.29 is 0 Å². The molecule has 69 heavy (non-hydrogen) atoms. The molecule has 326 valence electrons. The van der Waals surface area contributed by atoms with E-state index in [1.807, 2.05) is 6.07 Å². The van der Waals surface area contributed by atoms with Crippen LogP contribution in [0.2, 0.25) is 0 Å². The van der Waals surface area contributed by atoms with Gasteiger partial charge in [0.05, 0.1) is 23.4 Å². The topological polar surface area (TPSA) is 37.2 Å². The number of hydrogen-bond acceptors (Lipinski definition) is 4. The van der Waals surface area contributed by atoms with Crippen LogP contribution >= 0.6 is 0 Å². The molecule has 0 aliphatic rings. The lowest BCUT2D eigenvalue weighted by atomic mass is 9.99. The van der Waals surface area contributed by atoms with Gasteiger partial charge >= 0.3 is 0 Å². The Bertz CT molecular complexity index is 3390. The van der Waals surface area contributed by atoms with Crippen molar-refractivity contribution in [2.75, 3.05) is 9.80 Å². The standard InChI is InChI=1S/C64H45N5/c1-5-13-54(14-6-1)67(55-15-7-2-8-16-55)58-33-27-48(28-34-58)51-31-39-63-61(43-51)62-44-52(49-29-35-59(36-30-49)68(56-17-9-3-10-18-56)57-19-11-4-12-20-57)32-40-64(62)69(63)60-37-25-47(26-38-60)46-21-23-50(24-22-46)53-41-42-65-66-45-53/h1-45H. The van der Waals surface area contributed by atoms with E-state index in [1.165, 1.54) is 10.8 Å². The molecule has 0 unspecified atom stereocenters. The van der Waals surface area contributed by atoms with Crippen molar-refractivity contribution >= 4 is 55.9 Å². The number of fused-ring (bicyclic) bond motifs is 3. The Balaban J connectivity index is 0.936. The van der Waals surface area contributed by atoms with Crippen LogP contribution in [0.4, 0.5) is 34.1 Å². The lowest BCUT2D eigenvalue weighted by Crippen LogP contribution is -2.09. The van der Waals surface area contributed by atoms with E-state index in [1.54, 1.807) is 12.4 Å². The minimum Gasteiger partial charge on any atom is -0.311 e. The quantitative estimate of drug-likeness (QED) is 0.130. The third kappa shape index (κ3) is 8.09. The third-order valence-corrected chi connectivity index (χ3v) is 13.0. The molecular formula is C64H45N5. The van der Waals surface area contributed by atoms with Crippen LogP contribution in [0.25, 0.3) is 72.0 Å². The lowest BCUT2D eigenvalue weighted by Gasteiger charge is -2.25. The van der Waals surface area contributed by atoms with Gasteiger partial charge < -0.3 is 14.4 Å². The zero-order valence-corrected chi connectivity index (χ0v) is 37.7. The lowest BCUT2D eigenvalue weighted by molar-refractivity contribution is 1.03. The molecule has 5 heteroatoms. The number of anilines is 6. The molecule has 0 saturated heterocycles. The van der Waals surface area contributed by atoms with Gasteiger partial charge in [-0.25, -0.2) is 0 Å². The average molecular weight is 884 g/mol. The fourth-order valence-electron chi connectivity index (χ4n) is 9.59. The molecule has 5 nitrogen and oxygen atoms in total. The SMILES string of the molecule is c1ccc(N(c2ccccc2)c2ccc(-c3ccc4c(c3)c3cc(-c5ccc(N(c6ccccc6)c6ccccc6)cc5)ccc3n4-c3ccc(-c4ccc(-c5ccnnc5)cc4)cc3)cc2)cc1. The number of benzene rings is 10. The number of nitrogens with zero attached hydrogens (tertiary/aromatic N) is 5. The third-order valence-electron chi connectivity index (χ3n) is 13.0. The first-order valence-electron chi connectivity index (χ1n) is 23.3. The molecule has 2 aromatic heterocycles. The van der Waals surface area contributed by atoms with Crippen LogP contribution in [0.1, 0.15) is 0 Å². The minimum absolute atomic E-state index is 1.05. The van der Waals surface area contributed by atoms with Gasteiger partial charge in [0.25, 0.3) is 0 Å². The van der Waals surface area contributed by atoms with Crippen molar-refractivity contribution in [3.63, 3.8) is 0 Å². The molecule has 10 aromatic carbocycles. The van der Waals surface area contributed by atoms with Crippen LogP contribution in [0.15, 0.2) is 273 Å². The van der Waals surface area contributed by atoms with Crippen molar-refractivity contribution in [3.05, 3.63) is 273 Å². The molecule has 0 aliphatic heterocycles. The first kappa shape index (κ1) is 41.1. The Hall–Kier alpha value is -9.32. The first-order valence-corrected chi connectivity index (χ1v) is 23.3. The molecule has 0 amide bonds. The van der Waals surface area contributed by atoms with Crippen molar-refractivity contribution in [3.8, 4) is 50.2 Å².